The molecule has 0 bridgehead atoms. The van der Waals surface area contributed by atoms with Crippen molar-refractivity contribution in [3.05, 3.63) is 48.7 Å². The minimum absolute atomic E-state index is 0.531. The third-order valence-electron chi connectivity index (χ3n) is 4.93. The molecule has 0 radical (unpaired) electrons. The highest BCUT2D eigenvalue weighted by Gasteiger charge is 2.27. The second-order valence-corrected chi connectivity index (χ2v) is 6.22. The van der Waals surface area contributed by atoms with Gasteiger partial charge in [-0.3, -0.25) is 4.40 Å². The van der Waals surface area contributed by atoms with E-state index in [1.54, 1.807) is 6.20 Å². The molecule has 5 rings (SSSR count). The molecule has 0 atom stereocenters. The van der Waals surface area contributed by atoms with E-state index in [1.807, 2.05) is 12.4 Å². The van der Waals surface area contributed by atoms with E-state index >= 15 is 0 Å². The van der Waals surface area contributed by atoms with Crippen LogP contribution in [0.4, 0.5) is 5.82 Å². The van der Waals surface area contributed by atoms with Crippen molar-refractivity contribution in [2.45, 2.75) is 25.2 Å². The molecule has 114 valence electrons. The van der Waals surface area contributed by atoms with Crippen LogP contribution in [-0.4, -0.2) is 19.4 Å². The highest BCUT2D eigenvalue weighted by Crippen LogP contribution is 2.40. The largest absolute Gasteiger partial charge is 0.382 e. The van der Waals surface area contributed by atoms with Crippen LogP contribution in [-0.2, 0) is 0 Å². The molecule has 1 saturated carbocycles. The average molecular weight is 303 g/mol. The van der Waals surface area contributed by atoms with E-state index in [2.05, 4.69) is 38.6 Å². The van der Waals surface area contributed by atoms with E-state index in [1.165, 1.54) is 19.3 Å². The molecule has 1 fully saturated rings. The number of nitrogens with one attached hydrogen (secondary N) is 1. The van der Waals surface area contributed by atoms with Gasteiger partial charge in [-0.15, -0.1) is 0 Å². The Kier molecular flexibility index (Phi) is 2.53. The van der Waals surface area contributed by atoms with Crippen molar-refractivity contribution in [3.63, 3.8) is 0 Å². The molecule has 1 aliphatic carbocycles. The van der Waals surface area contributed by atoms with Gasteiger partial charge in [0, 0.05) is 41.0 Å². The normalized spacial score (nSPS) is 15.3. The maximum atomic E-state index is 6.21. The Morgan fingerprint density at radius 3 is 2.96 bits per heavy atom. The van der Waals surface area contributed by atoms with Gasteiger partial charge < -0.3 is 10.7 Å². The summed E-state index contributed by atoms with van der Waals surface area (Å²) in [7, 11) is 0. The molecular formula is C18H17N5. The van der Waals surface area contributed by atoms with Gasteiger partial charge in [0.1, 0.15) is 22.9 Å². The number of fused-ring (bicyclic) bond motifs is 2. The lowest BCUT2D eigenvalue weighted by Crippen LogP contribution is -2.12. The molecule has 5 nitrogen and oxygen atoms in total. The molecule has 3 heterocycles. The van der Waals surface area contributed by atoms with Gasteiger partial charge in [-0.25, -0.2) is 9.97 Å². The monoisotopic (exact) mass is 303 g/mol. The Morgan fingerprint density at radius 1 is 1.22 bits per heavy atom. The lowest BCUT2D eigenvalue weighted by molar-refractivity contribution is 0.400. The van der Waals surface area contributed by atoms with E-state index in [4.69, 9.17) is 10.7 Å². The van der Waals surface area contributed by atoms with Crippen LogP contribution in [0.25, 0.3) is 27.7 Å². The number of hydrogen-bond donors (Lipinski definition) is 2. The first kappa shape index (κ1) is 12.7. The van der Waals surface area contributed by atoms with Gasteiger partial charge in [0.25, 0.3) is 0 Å². The van der Waals surface area contributed by atoms with Crippen LogP contribution in [0.15, 0.2) is 42.9 Å². The van der Waals surface area contributed by atoms with Gasteiger partial charge in [-0.1, -0.05) is 18.6 Å². The van der Waals surface area contributed by atoms with Crippen LogP contribution >= 0.6 is 0 Å². The Bertz CT molecular complexity index is 1020. The van der Waals surface area contributed by atoms with E-state index in [9.17, 15) is 0 Å². The lowest BCUT2D eigenvalue weighted by atomic mass is 9.85. The summed E-state index contributed by atoms with van der Waals surface area (Å²) in [5.41, 5.74) is 10.3. The topological polar surface area (TPSA) is 72.0 Å². The maximum Gasteiger partial charge on any atom is 0.150 e. The number of rotatable bonds is 2. The van der Waals surface area contributed by atoms with Crippen molar-refractivity contribution >= 4 is 22.2 Å². The number of anilines is 1. The summed E-state index contributed by atoms with van der Waals surface area (Å²) in [6, 6.07) is 8.32. The number of aromatic amines is 1. The number of H-pyrrole nitrogens is 1. The second-order valence-electron chi connectivity index (χ2n) is 6.22. The zero-order chi connectivity index (χ0) is 15.4. The van der Waals surface area contributed by atoms with E-state index < -0.39 is 0 Å². The molecule has 0 unspecified atom stereocenters. The molecule has 1 aliphatic rings. The summed E-state index contributed by atoms with van der Waals surface area (Å²) in [6.45, 7) is 0. The number of nitrogens with zero attached hydrogens (tertiary/aromatic N) is 3. The van der Waals surface area contributed by atoms with Crippen LogP contribution < -0.4 is 5.73 Å². The molecule has 0 aliphatic heterocycles. The van der Waals surface area contributed by atoms with Crippen LogP contribution in [0.1, 0.15) is 31.0 Å². The molecular weight excluding hydrogens is 286 g/mol. The predicted molar refractivity (Wildman–Crippen MR) is 91.3 cm³/mol. The summed E-state index contributed by atoms with van der Waals surface area (Å²) in [5, 5.41) is 1.16. The molecule has 3 N–H and O–H groups in total. The van der Waals surface area contributed by atoms with Gasteiger partial charge in [-0.2, -0.15) is 0 Å². The zero-order valence-corrected chi connectivity index (χ0v) is 12.7. The first-order chi connectivity index (χ1) is 11.3. The zero-order valence-electron chi connectivity index (χ0n) is 12.7. The molecule has 23 heavy (non-hydrogen) atoms. The van der Waals surface area contributed by atoms with Gasteiger partial charge >= 0.3 is 0 Å². The Labute approximate surface area is 133 Å². The SMILES string of the molecule is Nc1nccn2c(C3CCC3)nc(-c3cccc4[nH]ccc34)c12. The quantitative estimate of drug-likeness (QED) is 0.592. The Balaban J connectivity index is 1.86. The third kappa shape index (κ3) is 1.73. The molecule has 0 spiro atoms. The minimum Gasteiger partial charge on any atom is -0.382 e. The van der Waals surface area contributed by atoms with Gasteiger partial charge in [0.15, 0.2) is 0 Å². The van der Waals surface area contributed by atoms with Crippen molar-refractivity contribution in [3.8, 4) is 11.3 Å². The third-order valence-corrected chi connectivity index (χ3v) is 4.93. The summed E-state index contributed by atoms with van der Waals surface area (Å²) in [5.74, 6) is 2.18. The molecule has 3 aromatic heterocycles. The smallest absolute Gasteiger partial charge is 0.150 e. The second kappa shape index (κ2) is 4.59. The van der Waals surface area contributed by atoms with Crippen molar-refractivity contribution in [2.75, 3.05) is 5.73 Å². The van der Waals surface area contributed by atoms with E-state index in [0.717, 1.165) is 33.5 Å². The number of imidazole rings is 1. The number of hydrogen-bond acceptors (Lipinski definition) is 3. The number of aromatic nitrogens is 4. The van der Waals surface area contributed by atoms with Crippen molar-refractivity contribution < 1.29 is 0 Å². The summed E-state index contributed by atoms with van der Waals surface area (Å²) in [4.78, 5) is 12.6. The van der Waals surface area contributed by atoms with Crippen LogP contribution in [0.3, 0.4) is 0 Å². The van der Waals surface area contributed by atoms with Gasteiger partial charge in [0.2, 0.25) is 0 Å². The standard InChI is InChI=1S/C18H17N5/c19-17-16-15(13-5-2-6-14-12(13)7-8-20-14)22-18(11-3-1-4-11)23(16)10-9-21-17/h2,5-11,20H,1,3-4H2,(H2,19,21). The van der Waals surface area contributed by atoms with E-state index in [-0.39, 0.29) is 0 Å². The average Bonchev–Trinajstić information content (AvgIpc) is 3.11. The molecule has 4 aromatic rings. The van der Waals surface area contributed by atoms with Crippen LogP contribution in [0, 0.1) is 0 Å². The Morgan fingerprint density at radius 2 is 2.13 bits per heavy atom. The number of nitrogen functional groups attached to an aromatic ring is 1. The minimum atomic E-state index is 0.531. The van der Waals surface area contributed by atoms with Crippen LogP contribution in [0.2, 0.25) is 0 Å². The number of nitrogens with two attached hydrogens (primary N) is 1. The fourth-order valence-electron chi connectivity index (χ4n) is 3.52. The fourth-order valence-corrected chi connectivity index (χ4v) is 3.52. The first-order valence-corrected chi connectivity index (χ1v) is 8.02. The van der Waals surface area contributed by atoms with Crippen molar-refractivity contribution in [1.29, 1.82) is 0 Å². The molecule has 0 amide bonds. The van der Waals surface area contributed by atoms with Gasteiger partial charge in [0.05, 0.1) is 0 Å². The van der Waals surface area contributed by atoms with Crippen molar-refractivity contribution in [2.24, 2.45) is 0 Å². The first-order valence-electron chi connectivity index (χ1n) is 8.02. The summed E-state index contributed by atoms with van der Waals surface area (Å²) >= 11 is 0. The summed E-state index contributed by atoms with van der Waals surface area (Å²) in [6.07, 6.45) is 9.38. The maximum absolute atomic E-state index is 6.21. The molecule has 0 saturated heterocycles. The van der Waals surface area contributed by atoms with Gasteiger partial charge in [-0.05, 0) is 25.0 Å². The van der Waals surface area contributed by atoms with Crippen LogP contribution in [0.5, 0.6) is 0 Å². The lowest BCUT2D eigenvalue weighted by Gasteiger charge is -2.23. The highest BCUT2D eigenvalue weighted by atomic mass is 15.1. The number of benzene rings is 1. The predicted octanol–water partition coefficient (Wildman–Crippen LogP) is 3.73. The highest BCUT2D eigenvalue weighted by molar-refractivity contribution is 5.99. The summed E-state index contributed by atoms with van der Waals surface area (Å²) < 4.78 is 2.13. The molecule has 5 heteroatoms. The Hall–Kier alpha value is -2.82. The van der Waals surface area contributed by atoms with Crippen molar-refractivity contribution in [1.82, 2.24) is 19.4 Å². The molecule has 1 aromatic carbocycles. The fraction of sp³-hybridized carbons (Fsp3) is 0.222. The van der Waals surface area contributed by atoms with E-state index in [0.29, 0.717) is 11.7 Å².